The third kappa shape index (κ3) is 3.89. The van der Waals surface area contributed by atoms with Gasteiger partial charge in [0.25, 0.3) is 0 Å². The second-order valence-corrected chi connectivity index (χ2v) is 4.71. The number of tetrazole rings is 1. The molecule has 5 heteroatoms. The summed E-state index contributed by atoms with van der Waals surface area (Å²) < 4.78 is 0. The predicted octanol–water partition coefficient (Wildman–Crippen LogP) is 1.17. The maximum Gasteiger partial charge on any atom is 0.175 e. The molecular formula is C11H23N5. The first kappa shape index (κ1) is 13.1. The van der Waals surface area contributed by atoms with Crippen molar-refractivity contribution >= 4 is 0 Å². The number of nitrogens with zero attached hydrogens (tertiary/aromatic N) is 4. The zero-order valence-electron chi connectivity index (χ0n) is 10.8. The number of rotatable bonds is 7. The molecule has 1 atom stereocenters. The summed E-state index contributed by atoms with van der Waals surface area (Å²) >= 11 is 0. The van der Waals surface area contributed by atoms with Crippen molar-refractivity contribution < 1.29 is 0 Å². The molecule has 0 radical (unpaired) electrons. The van der Waals surface area contributed by atoms with Crippen molar-refractivity contribution in [2.75, 3.05) is 13.1 Å². The van der Waals surface area contributed by atoms with Crippen molar-refractivity contribution in [1.82, 2.24) is 25.5 Å². The normalized spacial score (nSPS) is 15.0. The van der Waals surface area contributed by atoms with Gasteiger partial charge in [0.05, 0.1) is 7.05 Å². The molecule has 0 aliphatic rings. The van der Waals surface area contributed by atoms with Gasteiger partial charge in [-0.1, -0.05) is 27.2 Å². The summed E-state index contributed by atoms with van der Waals surface area (Å²) in [7, 11) is 1.80. The lowest BCUT2D eigenvalue weighted by Crippen LogP contribution is -2.34. The summed E-state index contributed by atoms with van der Waals surface area (Å²) in [5.74, 6) is 0.844. The van der Waals surface area contributed by atoms with E-state index in [-0.39, 0.29) is 5.41 Å². The highest BCUT2D eigenvalue weighted by molar-refractivity contribution is 4.89. The lowest BCUT2D eigenvalue weighted by atomic mass is 9.82. The van der Waals surface area contributed by atoms with E-state index in [2.05, 4.69) is 41.5 Å². The highest BCUT2D eigenvalue weighted by Gasteiger charge is 2.25. The summed E-state index contributed by atoms with van der Waals surface area (Å²) in [6.07, 6.45) is 3.25. The predicted molar refractivity (Wildman–Crippen MR) is 64.1 cm³/mol. The summed E-state index contributed by atoms with van der Waals surface area (Å²) in [6.45, 7) is 8.65. The molecule has 0 aliphatic carbocycles. The van der Waals surface area contributed by atoms with Gasteiger partial charge in [-0.05, 0) is 23.6 Å². The summed E-state index contributed by atoms with van der Waals surface area (Å²) in [5.41, 5.74) is 0.230. The largest absolute Gasteiger partial charge is 0.316 e. The molecule has 0 fully saturated rings. The molecule has 1 unspecified atom stereocenters. The molecule has 0 saturated heterocycles. The molecule has 1 heterocycles. The van der Waals surface area contributed by atoms with Crippen molar-refractivity contribution in [2.45, 2.75) is 40.0 Å². The fourth-order valence-electron chi connectivity index (χ4n) is 2.05. The molecule has 0 spiro atoms. The van der Waals surface area contributed by atoms with Crippen molar-refractivity contribution in [1.29, 1.82) is 0 Å². The van der Waals surface area contributed by atoms with Gasteiger partial charge in [0.15, 0.2) is 5.82 Å². The fraction of sp³-hybridized carbons (Fsp3) is 0.909. The first-order valence-electron chi connectivity index (χ1n) is 6.03. The number of hydrogen-bond acceptors (Lipinski definition) is 4. The number of hydrogen-bond donors (Lipinski definition) is 1. The lowest BCUT2D eigenvalue weighted by Gasteiger charge is -2.28. The van der Waals surface area contributed by atoms with Crippen LogP contribution in [0.1, 0.15) is 39.4 Å². The van der Waals surface area contributed by atoms with Gasteiger partial charge in [-0.2, -0.15) is 4.80 Å². The molecular weight excluding hydrogens is 202 g/mol. The lowest BCUT2D eigenvalue weighted by molar-refractivity contribution is 0.272. The average Bonchev–Trinajstić information content (AvgIpc) is 2.61. The van der Waals surface area contributed by atoms with Gasteiger partial charge >= 0.3 is 0 Å². The molecule has 16 heavy (non-hydrogen) atoms. The molecule has 1 N–H and O–H groups in total. The van der Waals surface area contributed by atoms with Gasteiger partial charge in [0, 0.05) is 13.0 Å². The molecule has 0 amide bonds. The number of nitrogens with one attached hydrogen (secondary N) is 1. The fourth-order valence-corrected chi connectivity index (χ4v) is 2.05. The molecule has 1 rings (SSSR count). The quantitative estimate of drug-likeness (QED) is 0.757. The van der Waals surface area contributed by atoms with E-state index in [1.807, 2.05) is 0 Å². The van der Waals surface area contributed by atoms with Gasteiger partial charge in [0.1, 0.15) is 0 Å². The zero-order valence-corrected chi connectivity index (χ0v) is 10.8. The molecule has 0 saturated carbocycles. The van der Waals surface area contributed by atoms with Crippen molar-refractivity contribution in [2.24, 2.45) is 12.5 Å². The Balaban J connectivity index is 2.62. The van der Waals surface area contributed by atoms with Gasteiger partial charge in [-0.3, -0.25) is 0 Å². The molecule has 0 aromatic carbocycles. The minimum Gasteiger partial charge on any atom is -0.316 e. The Morgan fingerprint density at radius 2 is 2.12 bits per heavy atom. The molecule has 1 aromatic rings. The maximum atomic E-state index is 4.25. The van der Waals surface area contributed by atoms with E-state index in [0.717, 1.165) is 25.3 Å². The standard InChI is InChI=1S/C11H23N5/c1-5-7-11(3,9-12-6-2)8-10-13-15-16(4)14-10/h12H,5-9H2,1-4H3. The zero-order chi connectivity index (χ0) is 12.0. The number of aromatic nitrogens is 4. The van der Waals surface area contributed by atoms with E-state index in [9.17, 15) is 0 Å². The minimum absolute atomic E-state index is 0.230. The summed E-state index contributed by atoms with van der Waals surface area (Å²) in [5, 5.41) is 15.6. The topological polar surface area (TPSA) is 55.6 Å². The van der Waals surface area contributed by atoms with E-state index in [1.165, 1.54) is 17.6 Å². The van der Waals surface area contributed by atoms with Crippen molar-refractivity contribution in [3.63, 3.8) is 0 Å². The van der Waals surface area contributed by atoms with E-state index in [1.54, 1.807) is 7.05 Å². The molecule has 0 bridgehead atoms. The number of aryl methyl sites for hydroxylation is 1. The van der Waals surface area contributed by atoms with Gasteiger partial charge in [-0.25, -0.2) is 0 Å². The van der Waals surface area contributed by atoms with Crippen LogP contribution in [-0.4, -0.2) is 33.3 Å². The van der Waals surface area contributed by atoms with Crippen LogP contribution in [0.25, 0.3) is 0 Å². The third-order valence-corrected chi connectivity index (χ3v) is 2.79. The van der Waals surface area contributed by atoms with Crippen LogP contribution < -0.4 is 5.32 Å². The van der Waals surface area contributed by atoms with Gasteiger partial charge in [-0.15, -0.1) is 10.2 Å². The highest BCUT2D eigenvalue weighted by atomic mass is 15.6. The highest BCUT2D eigenvalue weighted by Crippen LogP contribution is 2.26. The molecule has 5 nitrogen and oxygen atoms in total. The van der Waals surface area contributed by atoms with Gasteiger partial charge < -0.3 is 5.32 Å². The summed E-state index contributed by atoms with van der Waals surface area (Å²) in [6, 6.07) is 0. The minimum atomic E-state index is 0.230. The van der Waals surface area contributed by atoms with Crippen LogP contribution in [0.2, 0.25) is 0 Å². The monoisotopic (exact) mass is 225 g/mol. The Morgan fingerprint density at radius 3 is 2.62 bits per heavy atom. The third-order valence-electron chi connectivity index (χ3n) is 2.79. The maximum absolute atomic E-state index is 4.25. The van der Waals surface area contributed by atoms with Crippen molar-refractivity contribution in [3.05, 3.63) is 5.82 Å². The average molecular weight is 225 g/mol. The first-order valence-corrected chi connectivity index (χ1v) is 6.03. The Labute approximate surface area is 97.6 Å². The van der Waals surface area contributed by atoms with Crippen LogP contribution in [0, 0.1) is 5.41 Å². The molecule has 0 aliphatic heterocycles. The van der Waals surface area contributed by atoms with Crippen LogP contribution in [-0.2, 0) is 13.5 Å². The Bertz CT molecular complexity index is 309. The SMILES string of the molecule is CCCC(C)(CNCC)Cc1nnn(C)n1. The second kappa shape index (κ2) is 5.94. The van der Waals surface area contributed by atoms with Crippen LogP contribution in [0.5, 0.6) is 0 Å². The van der Waals surface area contributed by atoms with Crippen molar-refractivity contribution in [3.8, 4) is 0 Å². The molecule has 92 valence electrons. The van der Waals surface area contributed by atoms with Crippen LogP contribution in [0.3, 0.4) is 0 Å². The van der Waals surface area contributed by atoms with Crippen LogP contribution in [0.4, 0.5) is 0 Å². The Morgan fingerprint density at radius 1 is 1.38 bits per heavy atom. The summed E-state index contributed by atoms with van der Waals surface area (Å²) in [4.78, 5) is 1.52. The molecule has 1 aromatic heterocycles. The Kier molecular flexibility index (Phi) is 4.86. The second-order valence-electron chi connectivity index (χ2n) is 4.71. The first-order chi connectivity index (χ1) is 7.59. The smallest absolute Gasteiger partial charge is 0.175 e. The van der Waals surface area contributed by atoms with Gasteiger partial charge in [0.2, 0.25) is 0 Å². The van der Waals surface area contributed by atoms with Crippen LogP contribution >= 0.6 is 0 Å². The van der Waals surface area contributed by atoms with E-state index in [4.69, 9.17) is 0 Å². The van der Waals surface area contributed by atoms with E-state index in [0.29, 0.717) is 0 Å². The Hall–Kier alpha value is -0.970. The van der Waals surface area contributed by atoms with Crippen LogP contribution in [0.15, 0.2) is 0 Å². The van der Waals surface area contributed by atoms with E-state index >= 15 is 0 Å². The van der Waals surface area contributed by atoms with E-state index < -0.39 is 0 Å².